The molecule has 2 aliphatic rings. The van der Waals surface area contributed by atoms with Gasteiger partial charge in [-0.15, -0.1) is 0 Å². The van der Waals surface area contributed by atoms with Gasteiger partial charge in [-0.25, -0.2) is 0 Å². The van der Waals surface area contributed by atoms with Crippen LogP contribution in [-0.4, -0.2) is 41.7 Å². The molecule has 2 aromatic carbocycles. The van der Waals surface area contributed by atoms with Crippen molar-refractivity contribution >= 4 is 5.91 Å². The summed E-state index contributed by atoms with van der Waals surface area (Å²) < 4.78 is 5.40. The normalized spacial score (nSPS) is 26.4. The van der Waals surface area contributed by atoms with Crippen LogP contribution in [0.5, 0.6) is 5.75 Å². The molecule has 4 heteroatoms. The number of benzene rings is 2. The van der Waals surface area contributed by atoms with E-state index in [2.05, 4.69) is 12.1 Å². The third-order valence-corrected chi connectivity index (χ3v) is 6.45. The molecule has 0 spiro atoms. The van der Waals surface area contributed by atoms with Crippen LogP contribution in [0.25, 0.3) is 0 Å². The van der Waals surface area contributed by atoms with E-state index in [0.717, 1.165) is 37.0 Å². The van der Waals surface area contributed by atoms with Gasteiger partial charge in [0, 0.05) is 23.1 Å². The number of hydrogen-bond donors (Lipinski definition) is 1. The van der Waals surface area contributed by atoms with Crippen LogP contribution in [0, 0.1) is 12.3 Å². The zero-order chi connectivity index (χ0) is 19.0. The molecule has 0 aromatic heterocycles. The highest BCUT2D eigenvalue weighted by Gasteiger charge is 2.57. The summed E-state index contributed by atoms with van der Waals surface area (Å²) in [6.45, 7) is 2.09. The molecule has 4 nitrogen and oxygen atoms in total. The third kappa shape index (κ3) is 3.02. The summed E-state index contributed by atoms with van der Waals surface area (Å²) in [5.41, 5.74) is 2.67. The lowest BCUT2D eigenvalue weighted by atomic mass is 9.70. The lowest BCUT2D eigenvalue weighted by Gasteiger charge is -2.36. The zero-order valence-corrected chi connectivity index (χ0v) is 16.0. The quantitative estimate of drug-likeness (QED) is 0.881. The number of aryl methyl sites for hydroxylation is 1. The second kappa shape index (κ2) is 7.01. The first kappa shape index (κ1) is 18.1. The van der Waals surface area contributed by atoms with Crippen LogP contribution < -0.4 is 4.74 Å². The standard InChI is InChI=1S/C23H27NO3/c1-16-8-9-18(12-20(16)27-2)22(26)24-19-10-11-21(24)23(14-19,15-25)13-17-6-4-3-5-7-17/h3-9,12,19,21,25H,10-11,13-15H2,1-2H3/t19-,21+,23-/m0/s1. The van der Waals surface area contributed by atoms with E-state index in [4.69, 9.17) is 4.74 Å². The van der Waals surface area contributed by atoms with Crippen LogP contribution in [0.1, 0.15) is 40.7 Å². The van der Waals surface area contributed by atoms with Crippen molar-refractivity contribution < 1.29 is 14.6 Å². The summed E-state index contributed by atoms with van der Waals surface area (Å²) in [6.07, 6.45) is 3.67. The van der Waals surface area contributed by atoms with Gasteiger partial charge in [0.15, 0.2) is 0 Å². The highest BCUT2D eigenvalue weighted by atomic mass is 16.5. The predicted molar refractivity (Wildman–Crippen MR) is 105 cm³/mol. The molecule has 2 heterocycles. The van der Waals surface area contributed by atoms with E-state index < -0.39 is 0 Å². The molecule has 0 radical (unpaired) electrons. The van der Waals surface area contributed by atoms with Crippen LogP contribution in [0.15, 0.2) is 48.5 Å². The molecular formula is C23H27NO3. The third-order valence-electron chi connectivity index (χ3n) is 6.45. The molecule has 1 amide bonds. The number of aliphatic hydroxyl groups excluding tert-OH is 1. The average Bonchev–Trinajstić information content (AvgIpc) is 3.24. The smallest absolute Gasteiger partial charge is 0.254 e. The van der Waals surface area contributed by atoms with Gasteiger partial charge < -0.3 is 14.7 Å². The topological polar surface area (TPSA) is 49.8 Å². The van der Waals surface area contributed by atoms with Gasteiger partial charge in [0.05, 0.1) is 13.7 Å². The molecule has 2 aromatic rings. The number of amides is 1. The SMILES string of the molecule is COc1cc(C(=O)N2[C@H]3CC[C@@H]2[C@@](CO)(Cc2ccccc2)C3)ccc1C. The van der Waals surface area contributed by atoms with Crippen molar-refractivity contribution in [3.63, 3.8) is 0 Å². The maximum atomic E-state index is 13.3. The van der Waals surface area contributed by atoms with E-state index in [1.54, 1.807) is 7.11 Å². The number of fused-ring (bicyclic) bond motifs is 2. The van der Waals surface area contributed by atoms with Gasteiger partial charge in [0.1, 0.15) is 5.75 Å². The van der Waals surface area contributed by atoms with E-state index in [0.29, 0.717) is 5.56 Å². The fourth-order valence-electron chi connectivity index (χ4n) is 5.12. The van der Waals surface area contributed by atoms with E-state index >= 15 is 0 Å². The Morgan fingerprint density at radius 1 is 1.22 bits per heavy atom. The van der Waals surface area contributed by atoms with Crippen LogP contribution in [-0.2, 0) is 6.42 Å². The van der Waals surface area contributed by atoms with Gasteiger partial charge in [-0.2, -0.15) is 0 Å². The van der Waals surface area contributed by atoms with E-state index in [9.17, 15) is 9.90 Å². The van der Waals surface area contributed by atoms with E-state index in [1.807, 2.05) is 48.2 Å². The number of carbonyl (C=O) groups is 1. The summed E-state index contributed by atoms with van der Waals surface area (Å²) in [7, 11) is 1.63. The lowest BCUT2D eigenvalue weighted by molar-refractivity contribution is 0.0571. The minimum absolute atomic E-state index is 0.0594. The molecule has 2 saturated heterocycles. The molecule has 27 heavy (non-hydrogen) atoms. The number of rotatable bonds is 5. The van der Waals surface area contributed by atoms with E-state index in [-0.39, 0.29) is 30.0 Å². The molecule has 2 bridgehead atoms. The second-order valence-corrected chi connectivity index (χ2v) is 8.03. The Kier molecular flexibility index (Phi) is 4.68. The number of nitrogens with zero attached hydrogens (tertiary/aromatic N) is 1. The molecule has 1 N–H and O–H groups in total. The lowest BCUT2D eigenvalue weighted by Crippen LogP contribution is -2.43. The van der Waals surface area contributed by atoms with Crippen LogP contribution in [0.3, 0.4) is 0 Å². The second-order valence-electron chi connectivity index (χ2n) is 8.03. The molecule has 142 valence electrons. The summed E-state index contributed by atoms with van der Waals surface area (Å²) in [5.74, 6) is 0.800. The molecular weight excluding hydrogens is 338 g/mol. The Balaban J connectivity index is 1.62. The van der Waals surface area contributed by atoms with Gasteiger partial charge in [-0.05, 0) is 55.9 Å². The van der Waals surface area contributed by atoms with Crippen molar-refractivity contribution in [2.75, 3.05) is 13.7 Å². The minimum atomic E-state index is -0.241. The first-order chi connectivity index (χ1) is 13.1. The van der Waals surface area contributed by atoms with Gasteiger partial charge in [-0.1, -0.05) is 36.4 Å². The Labute approximate surface area is 160 Å². The van der Waals surface area contributed by atoms with Crippen LogP contribution in [0.4, 0.5) is 0 Å². The molecule has 0 unspecified atom stereocenters. The summed E-state index contributed by atoms with van der Waals surface area (Å²) in [4.78, 5) is 15.4. The summed E-state index contributed by atoms with van der Waals surface area (Å²) in [6, 6.07) is 16.3. The fourth-order valence-corrected chi connectivity index (χ4v) is 5.12. The van der Waals surface area contributed by atoms with Crippen molar-refractivity contribution in [3.05, 3.63) is 65.2 Å². The number of hydrogen-bond acceptors (Lipinski definition) is 3. The first-order valence-electron chi connectivity index (χ1n) is 9.70. The maximum Gasteiger partial charge on any atom is 0.254 e. The highest BCUT2D eigenvalue weighted by Crippen LogP contribution is 2.51. The van der Waals surface area contributed by atoms with E-state index in [1.165, 1.54) is 5.56 Å². The molecule has 2 aliphatic heterocycles. The Morgan fingerprint density at radius 2 is 2.00 bits per heavy atom. The minimum Gasteiger partial charge on any atom is -0.496 e. The van der Waals surface area contributed by atoms with Crippen molar-refractivity contribution in [3.8, 4) is 5.75 Å². The van der Waals surface area contributed by atoms with Crippen LogP contribution in [0.2, 0.25) is 0 Å². The number of methoxy groups -OCH3 is 1. The molecule has 0 aliphatic carbocycles. The van der Waals surface area contributed by atoms with Crippen molar-refractivity contribution in [2.45, 2.75) is 44.7 Å². The number of aliphatic hydroxyl groups is 1. The Hall–Kier alpha value is -2.33. The Bertz CT molecular complexity index is 835. The average molecular weight is 365 g/mol. The summed E-state index contributed by atoms with van der Waals surface area (Å²) in [5, 5.41) is 10.3. The summed E-state index contributed by atoms with van der Waals surface area (Å²) >= 11 is 0. The fraction of sp³-hybridized carbons (Fsp3) is 0.435. The van der Waals surface area contributed by atoms with Gasteiger partial charge in [0.25, 0.3) is 5.91 Å². The van der Waals surface area contributed by atoms with Crippen molar-refractivity contribution in [1.82, 2.24) is 4.90 Å². The first-order valence-corrected chi connectivity index (χ1v) is 9.70. The molecule has 4 rings (SSSR count). The van der Waals surface area contributed by atoms with Gasteiger partial charge in [0.2, 0.25) is 0 Å². The van der Waals surface area contributed by atoms with Crippen molar-refractivity contribution in [1.29, 1.82) is 0 Å². The van der Waals surface area contributed by atoms with Crippen molar-refractivity contribution in [2.24, 2.45) is 5.41 Å². The molecule has 2 fully saturated rings. The number of ether oxygens (including phenoxy) is 1. The van der Waals surface area contributed by atoms with Crippen LogP contribution >= 0.6 is 0 Å². The van der Waals surface area contributed by atoms with Gasteiger partial charge >= 0.3 is 0 Å². The highest BCUT2D eigenvalue weighted by molar-refractivity contribution is 5.95. The number of carbonyl (C=O) groups excluding carboxylic acids is 1. The monoisotopic (exact) mass is 365 g/mol. The molecule has 0 saturated carbocycles. The predicted octanol–water partition coefficient (Wildman–Crippen LogP) is 3.60. The maximum absolute atomic E-state index is 13.3. The largest absolute Gasteiger partial charge is 0.496 e. The zero-order valence-electron chi connectivity index (χ0n) is 16.0. The van der Waals surface area contributed by atoms with Gasteiger partial charge in [-0.3, -0.25) is 4.79 Å². The Morgan fingerprint density at radius 3 is 2.70 bits per heavy atom. The molecule has 3 atom stereocenters.